The summed E-state index contributed by atoms with van der Waals surface area (Å²) in [7, 11) is 0. The van der Waals surface area contributed by atoms with Crippen LogP contribution in [0.15, 0.2) is 22.2 Å². The van der Waals surface area contributed by atoms with E-state index < -0.39 is 0 Å². The van der Waals surface area contributed by atoms with Gasteiger partial charge in [-0.2, -0.15) is 0 Å². The van der Waals surface area contributed by atoms with Crippen molar-refractivity contribution < 1.29 is 4.79 Å². The lowest BCUT2D eigenvalue weighted by atomic mass is 10.0. The normalized spacial score (nSPS) is 19.7. The van der Waals surface area contributed by atoms with Gasteiger partial charge in [0.25, 0.3) is 5.56 Å². The number of thioether (sulfide) groups is 1. The second-order valence-corrected chi connectivity index (χ2v) is 7.84. The predicted octanol–water partition coefficient (Wildman–Crippen LogP) is 1.94. The number of rotatable bonds is 2. The van der Waals surface area contributed by atoms with Crippen molar-refractivity contribution in [3.8, 4) is 0 Å². The fourth-order valence-corrected chi connectivity index (χ4v) is 5.04. The van der Waals surface area contributed by atoms with Crippen LogP contribution in [0.3, 0.4) is 0 Å². The molecule has 4 rings (SSSR count). The van der Waals surface area contributed by atoms with Crippen LogP contribution in [0.5, 0.6) is 0 Å². The molecular formula is C15H16N4O2S2. The molecule has 1 amide bonds. The van der Waals surface area contributed by atoms with Gasteiger partial charge in [0.1, 0.15) is 0 Å². The third-order valence-electron chi connectivity index (χ3n) is 4.16. The molecule has 0 fully saturated rings. The van der Waals surface area contributed by atoms with Crippen LogP contribution in [0.2, 0.25) is 0 Å². The van der Waals surface area contributed by atoms with Gasteiger partial charge >= 0.3 is 0 Å². The van der Waals surface area contributed by atoms with Crippen molar-refractivity contribution in [1.82, 2.24) is 14.5 Å². The number of fused-ring (bicyclic) bond motifs is 2. The van der Waals surface area contributed by atoms with Gasteiger partial charge < -0.3 is 5.32 Å². The number of anilines is 1. The number of nitrogens with one attached hydrogen (secondary N) is 1. The maximum Gasteiger partial charge on any atom is 0.254 e. The molecule has 0 saturated carbocycles. The fraction of sp³-hybridized carbons (Fsp3) is 0.467. The first-order valence-electron chi connectivity index (χ1n) is 7.69. The molecule has 3 heterocycles. The van der Waals surface area contributed by atoms with Crippen LogP contribution in [0.1, 0.15) is 23.4 Å². The summed E-state index contributed by atoms with van der Waals surface area (Å²) in [6, 6.07) is 1.43. The summed E-state index contributed by atoms with van der Waals surface area (Å²) in [5, 5.41) is 4.32. The number of amides is 1. The fourth-order valence-electron chi connectivity index (χ4n) is 2.92. The molecule has 1 atom stereocenters. The summed E-state index contributed by atoms with van der Waals surface area (Å²) >= 11 is 3.04. The summed E-state index contributed by atoms with van der Waals surface area (Å²) in [6.07, 6.45) is 5.97. The second-order valence-electron chi connectivity index (χ2n) is 5.77. The zero-order valence-corrected chi connectivity index (χ0v) is 14.1. The molecule has 120 valence electrons. The van der Waals surface area contributed by atoms with Gasteiger partial charge in [-0.15, -0.1) is 11.3 Å². The first-order valence-corrected chi connectivity index (χ1v) is 9.49. The number of nitrogens with zero attached hydrogens (tertiary/aromatic N) is 3. The zero-order valence-electron chi connectivity index (χ0n) is 12.4. The third kappa shape index (κ3) is 2.92. The Hall–Kier alpha value is -1.67. The number of hydrogen-bond donors (Lipinski definition) is 1. The van der Waals surface area contributed by atoms with E-state index in [4.69, 9.17) is 0 Å². The van der Waals surface area contributed by atoms with Gasteiger partial charge in [-0.1, -0.05) is 11.8 Å². The van der Waals surface area contributed by atoms with E-state index in [1.54, 1.807) is 15.9 Å². The van der Waals surface area contributed by atoms with Crippen LogP contribution in [0.25, 0.3) is 0 Å². The highest BCUT2D eigenvalue weighted by molar-refractivity contribution is 7.99. The Morgan fingerprint density at radius 1 is 1.35 bits per heavy atom. The molecule has 0 saturated heterocycles. The standard InChI is InChI=1S/C15H16N4O2S2/c20-12-5-6-16-15-19(12)7-9(8-22-15)13(21)18-14-17-10-3-1-2-4-11(10)23-14/h5-6,9H,1-4,7-8H2,(H,17,18,21). The van der Waals surface area contributed by atoms with Crippen molar-refractivity contribution in [2.75, 3.05) is 11.1 Å². The highest BCUT2D eigenvalue weighted by Gasteiger charge is 2.27. The Kier molecular flexibility index (Phi) is 3.94. The molecule has 6 nitrogen and oxygen atoms in total. The Morgan fingerprint density at radius 3 is 3.09 bits per heavy atom. The van der Waals surface area contributed by atoms with Crippen LogP contribution in [0.4, 0.5) is 5.13 Å². The van der Waals surface area contributed by atoms with Gasteiger partial charge in [0.05, 0.1) is 11.6 Å². The van der Waals surface area contributed by atoms with E-state index in [1.807, 2.05) is 0 Å². The molecule has 0 aromatic carbocycles. The van der Waals surface area contributed by atoms with Crippen molar-refractivity contribution >= 4 is 34.1 Å². The minimum absolute atomic E-state index is 0.0648. The first kappa shape index (κ1) is 14.9. The molecule has 1 aliphatic heterocycles. The van der Waals surface area contributed by atoms with E-state index in [0.717, 1.165) is 18.5 Å². The monoisotopic (exact) mass is 348 g/mol. The molecule has 1 aliphatic carbocycles. The second kappa shape index (κ2) is 6.09. The number of carbonyl (C=O) groups excluding carboxylic acids is 1. The summed E-state index contributed by atoms with van der Waals surface area (Å²) in [5.74, 6) is 0.327. The van der Waals surface area contributed by atoms with E-state index in [0.29, 0.717) is 22.6 Å². The molecule has 0 spiro atoms. The maximum absolute atomic E-state index is 12.5. The van der Waals surface area contributed by atoms with Gasteiger partial charge in [0.15, 0.2) is 10.3 Å². The minimum Gasteiger partial charge on any atom is -0.302 e. The topological polar surface area (TPSA) is 76.9 Å². The number of hydrogen-bond acceptors (Lipinski definition) is 6. The lowest BCUT2D eigenvalue weighted by molar-refractivity contribution is -0.119. The van der Waals surface area contributed by atoms with Gasteiger partial charge in [-0.05, 0) is 25.7 Å². The summed E-state index contributed by atoms with van der Waals surface area (Å²) in [5.41, 5.74) is 1.03. The molecule has 0 radical (unpaired) electrons. The predicted molar refractivity (Wildman–Crippen MR) is 90.1 cm³/mol. The molecule has 2 aromatic heterocycles. The van der Waals surface area contributed by atoms with E-state index >= 15 is 0 Å². The van der Waals surface area contributed by atoms with E-state index in [9.17, 15) is 9.59 Å². The Labute approximate surface area is 141 Å². The molecule has 0 bridgehead atoms. The number of thiazole rings is 1. The largest absolute Gasteiger partial charge is 0.302 e. The van der Waals surface area contributed by atoms with Crippen LogP contribution in [-0.4, -0.2) is 26.2 Å². The minimum atomic E-state index is -0.240. The molecule has 1 unspecified atom stereocenters. The zero-order chi connectivity index (χ0) is 15.8. The van der Waals surface area contributed by atoms with E-state index in [2.05, 4.69) is 15.3 Å². The van der Waals surface area contributed by atoms with Crippen molar-refractivity contribution in [2.45, 2.75) is 37.4 Å². The number of aryl methyl sites for hydroxylation is 2. The highest BCUT2D eigenvalue weighted by Crippen LogP contribution is 2.31. The van der Waals surface area contributed by atoms with Gasteiger partial charge in [-0.25, -0.2) is 9.97 Å². The Balaban J connectivity index is 1.49. The summed E-state index contributed by atoms with van der Waals surface area (Å²) in [4.78, 5) is 34.4. The Morgan fingerprint density at radius 2 is 2.22 bits per heavy atom. The van der Waals surface area contributed by atoms with Crippen LogP contribution < -0.4 is 10.9 Å². The van der Waals surface area contributed by atoms with Gasteiger partial charge in [-0.3, -0.25) is 14.2 Å². The lowest BCUT2D eigenvalue weighted by Gasteiger charge is -2.23. The molecule has 2 aromatic rings. The lowest BCUT2D eigenvalue weighted by Crippen LogP contribution is -2.36. The van der Waals surface area contributed by atoms with Crippen molar-refractivity contribution in [2.24, 2.45) is 5.92 Å². The molecule has 8 heteroatoms. The first-order chi connectivity index (χ1) is 11.2. The van der Waals surface area contributed by atoms with Gasteiger partial charge in [0.2, 0.25) is 5.91 Å². The summed E-state index contributed by atoms with van der Waals surface area (Å²) in [6.45, 7) is 0.381. The van der Waals surface area contributed by atoms with E-state index in [-0.39, 0.29) is 17.4 Å². The summed E-state index contributed by atoms with van der Waals surface area (Å²) < 4.78 is 1.57. The van der Waals surface area contributed by atoms with Gasteiger partial charge in [0, 0.05) is 29.4 Å². The van der Waals surface area contributed by atoms with Crippen molar-refractivity contribution in [3.63, 3.8) is 0 Å². The number of aromatic nitrogens is 3. The van der Waals surface area contributed by atoms with Crippen LogP contribution >= 0.6 is 23.1 Å². The molecule has 1 N–H and O–H groups in total. The molecular weight excluding hydrogens is 332 g/mol. The van der Waals surface area contributed by atoms with Crippen LogP contribution in [0, 0.1) is 5.92 Å². The van der Waals surface area contributed by atoms with Crippen LogP contribution in [-0.2, 0) is 24.2 Å². The quantitative estimate of drug-likeness (QED) is 0.839. The molecule has 23 heavy (non-hydrogen) atoms. The maximum atomic E-state index is 12.5. The third-order valence-corrected chi connectivity index (χ3v) is 6.39. The smallest absolute Gasteiger partial charge is 0.254 e. The van der Waals surface area contributed by atoms with E-state index in [1.165, 1.54) is 41.7 Å². The Bertz CT molecular complexity index is 791. The average Bonchev–Trinajstić information content (AvgIpc) is 2.97. The van der Waals surface area contributed by atoms with Crippen molar-refractivity contribution in [3.05, 3.63) is 33.2 Å². The number of carbonyl (C=O) groups is 1. The van der Waals surface area contributed by atoms with Crippen molar-refractivity contribution in [1.29, 1.82) is 0 Å². The highest BCUT2D eigenvalue weighted by atomic mass is 32.2. The molecule has 2 aliphatic rings. The SMILES string of the molecule is O=C(Nc1nc2c(s1)CCCC2)C1CSc2nccc(=O)n2C1. The average molecular weight is 348 g/mol.